The van der Waals surface area contributed by atoms with Crippen molar-refractivity contribution in [2.24, 2.45) is 10.9 Å². The molecule has 0 radical (unpaired) electrons. The molecule has 3 rings (SSSR count). The van der Waals surface area contributed by atoms with E-state index in [1.165, 1.54) is 18.1 Å². The van der Waals surface area contributed by atoms with E-state index < -0.39 is 11.9 Å². The Labute approximate surface area is 185 Å². The van der Waals surface area contributed by atoms with Gasteiger partial charge in [-0.15, -0.1) is 0 Å². The van der Waals surface area contributed by atoms with Crippen LogP contribution in [0, 0.1) is 5.92 Å². The Morgan fingerprint density at radius 3 is 2.65 bits per heavy atom. The van der Waals surface area contributed by atoms with Crippen molar-refractivity contribution in [2.75, 3.05) is 20.8 Å². The number of carbonyl (C=O) groups excluding carboxylic acids is 3. The minimum Gasteiger partial charge on any atom is -0.497 e. The van der Waals surface area contributed by atoms with Gasteiger partial charge in [0.15, 0.2) is 0 Å². The molecule has 1 aliphatic carbocycles. The van der Waals surface area contributed by atoms with Crippen LogP contribution in [-0.4, -0.2) is 54.3 Å². The summed E-state index contributed by atoms with van der Waals surface area (Å²) in [6, 6.07) is 7.44. The van der Waals surface area contributed by atoms with Crippen LogP contribution in [0.2, 0.25) is 0 Å². The Bertz CT molecular complexity index is 981. The smallest absolute Gasteiger partial charge is 0.337 e. The summed E-state index contributed by atoms with van der Waals surface area (Å²) < 4.78 is 9.80. The van der Waals surface area contributed by atoms with Crippen molar-refractivity contribution in [3.8, 4) is 5.75 Å². The predicted octanol–water partition coefficient (Wildman–Crippen LogP) is 1.95. The number of methoxy groups -OCH3 is 2. The summed E-state index contributed by atoms with van der Waals surface area (Å²) in [6.07, 6.45) is 5.39. The maximum atomic E-state index is 12.8. The van der Waals surface area contributed by atoms with Gasteiger partial charge in [-0.25, -0.2) is 9.79 Å². The summed E-state index contributed by atoms with van der Waals surface area (Å²) in [5.74, 6) is -0.667. The highest BCUT2D eigenvalue weighted by Crippen LogP contribution is 2.23. The minimum absolute atomic E-state index is 0.112. The fourth-order valence-electron chi connectivity index (χ4n) is 3.22. The van der Waals surface area contributed by atoms with E-state index in [-0.39, 0.29) is 23.3 Å². The molecule has 1 aliphatic heterocycles. The lowest BCUT2D eigenvalue weighted by Crippen LogP contribution is -2.46. The molecule has 0 bridgehead atoms. The number of hydrogen-bond donors (Lipinski definition) is 1. The maximum Gasteiger partial charge on any atom is 0.337 e. The zero-order chi connectivity index (χ0) is 22.4. The summed E-state index contributed by atoms with van der Waals surface area (Å²) in [6.45, 7) is 0.710. The molecular weight excluding hydrogens is 418 g/mol. The van der Waals surface area contributed by atoms with Crippen molar-refractivity contribution in [3.63, 3.8) is 0 Å². The van der Waals surface area contributed by atoms with Crippen molar-refractivity contribution in [2.45, 2.75) is 19.4 Å². The number of hydrogen-bond acceptors (Lipinski definition) is 6. The number of carbonyl (C=O) groups is 3. The van der Waals surface area contributed by atoms with Crippen molar-refractivity contribution in [1.29, 1.82) is 0 Å². The van der Waals surface area contributed by atoms with Crippen LogP contribution in [-0.2, 0) is 25.7 Å². The fraction of sp³-hybridized carbons (Fsp3) is 0.318. The van der Waals surface area contributed by atoms with Crippen molar-refractivity contribution < 1.29 is 23.9 Å². The molecule has 0 aromatic heterocycles. The van der Waals surface area contributed by atoms with E-state index in [0.29, 0.717) is 30.8 Å². The molecule has 1 unspecified atom stereocenters. The highest BCUT2D eigenvalue weighted by Gasteiger charge is 2.35. The second kappa shape index (κ2) is 10.1. The SMILES string of the molecule is COC(=O)C1=CC2=NC(=S)N(CCCC(=O)NCc3ccc(OC)cc3)C(=O)C2C=C1. The molecule has 1 aromatic carbocycles. The molecule has 2 amide bonds. The molecule has 1 heterocycles. The highest BCUT2D eigenvalue weighted by atomic mass is 32.1. The van der Waals surface area contributed by atoms with E-state index in [9.17, 15) is 14.4 Å². The van der Waals surface area contributed by atoms with Crippen LogP contribution in [0.25, 0.3) is 0 Å². The molecule has 2 aliphatic rings. The van der Waals surface area contributed by atoms with Crippen LogP contribution in [0.15, 0.2) is 53.1 Å². The van der Waals surface area contributed by atoms with Crippen molar-refractivity contribution in [1.82, 2.24) is 10.2 Å². The largest absolute Gasteiger partial charge is 0.497 e. The van der Waals surface area contributed by atoms with Gasteiger partial charge in [-0.05, 0) is 42.4 Å². The standard InChI is InChI=1S/C22H23N3O5S/c1-29-16-8-5-14(6-9-16)13-23-19(26)4-3-11-25-20(27)17-10-7-15(21(28)30-2)12-18(17)24-22(25)31/h5-10,12,17H,3-4,11,13H2,1-2H3,(H,23,26). The molecule has 162 valence electrons. The van der Waals surface area contributed by atoms with Crippen LogP contribution in [0.3, 0.4) is 0 Å². The molecular formula is C22H23N3O5S. The van der Waals surface area contributed by atoms with Gasteiger partial charge in [0.25, 0.3) is 0 Å². The number of thiocarbonyl (C=S) groups is 1. The first-order chi connectivity index (χ1) is 14.9. The van der Waals surface area contributed by atoms with E-state index in [1.807, 2.05) is 24.3 Å². The number of nitrogens with one attached hydrogen (secondary N) is 1. The molecule has 0 saturated heterocycles. The first kappa shape index (κ1) is 22.4. The first-order valence-electron chi connectivity index (χ1n) is 9.74. The Morgan fingerprint density at radius 2 is 1.97 bits per heavy atom. The number of benzene rings is 1. The Morgan fingerprint density at radius 1 is 1.23 bits per heavy atom. The van der Waals surface area contributed by atoms with E-state index in [1.54, 1.807) is 19.3 Å². The maximum absolute atomic E-state index is 12.8. The Kier molecular flexibility index (Phi) is 7.30. The molecule has 0 fully saturated rings. The van der Waals surface area contributed by atoms with Gasteiger partial charge in [-0.1, -0.05) is 24.3 Å². The van der Waals surface area contributed by atoms with Gasteiger partial charge in [0, 0.05) is 19.5 Å². The average Bonchev–Trinajstić information content (AvgIpc) is 2.79. The third kappa shape index (κ3) is 5.43. The number of fused-ring (bicyclic) bond motifs is 1. The molecule has 8 nitrogen and oxygen atoms in total. The second-order valence-corrected chi connectivity index (χ2v) is 7.33. The van der Waals surface area contributed by atoms with Crippen molar-refractivity contribution >= 4 is 40.8 Å². The predicted molar refractivity (Wildman–Crippen MR) is 119 cm³/mol. The highest BCUT2D eigenvalue weighted by molar-refractivity contribution is 7.80. The zero-order valence-corrected chi connectivity index (χ0v) is 18.1. The minimum atomic E-state index is -0.594. The third-order valence-corrected chi connectivity index (χ3v) is 5.25. The topological polar surface area (TPSA) is 97.3 Å². The number of amides is 2. The van der Waals surface area contributed by atoms with E-state index >= 15 is 0 Å². The van der Waals surface area contributed by atoms with Gasteiger partial charge in [-0.3, -0.25) is 14.5 Å². The van der Waals surface area contributed by atoms with Crippen LogP contribution < -0.4 is 10.1 Å². The molecule has 1 N–H and O–H groups in total. The number of aliphatic imine (C=N–C) groups is 1. The Hall–Kier alpha value is -3.33. The second-order valence-electron chi connectivity index (χ2n) is 6.97. The molecule has 0 saturated carbocycles. The van der Waals surface area contributed by atoms with Gasteiger partial charge < -0.3 is 14.8 Å². The van der Waals surface area contributed by atoms with Gasteiger partial charge in [0.1, 0.15) is 5.75 Å². The quantitative estimate of drug-likeness (QED) is 0.489. The van der Waals surface area contributed by atoms with E-state index in [2.05, 4.69) is 10.3 Å². The van der Waals surface area contributed by atoms with Gasteiger partial charge in [-0.2, -0.15) is 0 Å². The lowest BCUT2D eigenvalue weighted by Gasteiger charge is -2.30. The average molecular weight is 442 g/mol. The van der Waals surface area contributed by atoms with Crippen LogP contribution in [0.5, 0.6) is 5.75 Å². The number of ether oxygens (including phenoxy) is 2. The lowest BCUT2D eigenvalue weighted by atomic mass is 9.92. The van der Waals surface area contributed by atoms with E-state index in [0.717, 1.165) is 11.3 Å². The van der Waals surface area contributed by atoms with Gasteiger partial charge >= 0.3 is 5.97 Å². The fourth-order valence-corrected chi connectivity index (χ4v) is 3.51. The molecule has 1 atom stereocenters. The molecule has 31 heavy (non-hydrogen) atoms. The summed E-state index contributed by atoms with van der Waals surface area (Å²) in [5.41, 5.74) is 1.70. The number of rotatable bonds is 8. The lowest BCUT2D eigenvalue weighted by molar-refractivity contribution is -0.135. The van der Waals surface area contributed by atoms with Crippen LogP contribution >= 0.6 is 12.2 Å². The Balaban J connectivity index is 1.50. The monoisotopic (exact) mass is 441 g/mol. The van der Waals surface area contributed by atoms with Crippen LogP contribution in [0.1, 0.15) is 18.4 Å². The third-order valence-electron chi connectivity index (χ3n) is 4.93. The molecule has 1 aromatic rings. The molecule has 0 spiro atoms. The first-order valence-corrected chi connectivity index (χ1v) is 10.2. The number of esters is 1. The van der Waals surface area contributed by atoms with Crippen molar-refractivity contribution in [3.05, 3.63) is 53.6 Å². The number of nitrogens with zero attached hydrogens (tertiary/aromatic N) is 2. The van der Waals surface area contributed by atoms with Gasteiger partial charge in [0.05, 0.1) is 31.4 Å². The number of allylic oxidation sites excluding steroid dienone is 1. The summed E-state index contributed by atoms with van der Waals surface area (Å²) in [5, 5.41) is 2.99. The van der Waals surface area contributed by atoms with E-state index in [4.69, 9.17) is 21.7 Å². The van der Waals surface area contributed by atoms with Crippen LogP contribution in [0.4, 0.5) is 0 Å². The summed E-state index contributed by atoms with van der Waals surface area (Å²) >= 11 is 5.26. The summed E-state index contributed by atoms with van der Waals surface area (Å²) in [4.78, 5) is 42.3. The summed E-state index contributed by atoms with van der Waals surface area (Å²) in [7, 11) is 2.89. The molecule has 9 heteroatoms. The van der Waals surface area contributed by atoms with Gasteiger partial charge in [0.2, 0.25) is 16.9 Å². The normalized spacial score (nSPS) is 17.5. The zero-order valence-electron chi connectivity index (χ0n) is 17.3.